The first-order valence-corrected chi connectivity index (χ1v) is 4.84. The molecule has 76 valence electrons. The van der Waals surface area contributed by atoms with Gasteiger partial charge >= 0.3 is 5.97 Å². The van der Waals surface area contributed by atoms with E-state index in [0.29, 0.717) is 17.9 Å². The van der Waals surface area contributed by atoms with Crippen LogP contribution in [0.1, 0.15) is 20.3 Å². The summed E-state index contributed by atoms with van der Waals surface area (Å²) in [7, 11) is 4.06. The van der Waals surface area contributed by atoms with E-state index in [1.165, 1.54) is 0 Å². The van der Waals surface area contributed by atoms with Crippen molar-refractivity contribution in [1.82, 2.24) is 4.90 Å². The average molecular weight is 185 g/mol. The van der Waals surface area contributed by atoms with Gasteiger partial charge in [0.25, 0.3) is 0 Å². The largest absolute Gasteiger partial charge is 0.481 e. The third-order valence-corrected chi connectivity index (χ3v) is 2.87. The van der Waals surface area contributed by atoms with E-state index < -0.39 is 5.97 Å². The highest BCUT2D eigenvalue weighted by Gasteiger charge is 2.49. The van der Waals surface area contributed by atoms with Gasteiger partial charge in [0.05, 0.1) is 5.92 Å². The van der Waals surface area contributed by atoms with Gasteiger partial charge < -0.3 is 10.0 Å². The predicted octanol–water partition coefficient (Wildman–Crippen LogP) is 1.29. The SMILES string of the molecule is CC(C)C(C1CC1C(=O)O)N(C)C. The van der Waals surface area contributed by atoms with Gasteiger partial charge in [0.2, 0.25) is 0 Å². The molecular formula is C10H19NO2. The van der Waals surface area contributed by atoms with E-state index in [9.17, 15) is 4.79 Å². The Balaban J connectivity index is 2.55. The molecule has 0 aromatic rings. The maximum Gasteiger partial charge on any atom is 0.306 e. The lowest BCUT2D eigenvalue weighted by atomic mass is 9.97. The molecule has 0 saturated heterocycles. The van der Waals surface area contributed by atoms with Crippen LogP contribution in [0.3, 0.4) is 0 Å². The Bertz CT molecular complexity index is 193. The molecule has 13 heavy (non-hydrogen) atoms. The Morgan fingerprint density at radius 2 is 2.00 bits per heavy atom. The summed E-state index contributed by atoms with van der Waals surface area (Å²) in [6.45, 7) is 4.31. The standard InChI is InChI=1S/C10H19NO2/c1-6(2)9(11(3)4)7-5-8(7)10(12)13/h6-9H,5H2,1-4H3,(H,12,13). The highest BCUT2D eigenvalue weighted by molar-refractivity contribution is 5.73. The molecule has 3 heteroatoms. The minimum atomic E-state index is -0.627. The van der Waals surface area contributed by atoms with Crippen LogP contribution in [0.25, 0.3) is 0 Å². The Hall–Kier alpha value is -0.570. The lowest BCUT2D eigenvalue weighted by Crippen LogP contribution is -2.35. The van der Waals surface area contributed by atoms with Gasteiger partial charge in [0.1, 0.15) is 0 Å². The molecular weight excluding hydrogens is 166 g/mol. The zero-order chi connectivity index (χ0) is 10.2. The van der Waals surface area contributed by atoms with E-state index in [4.69, 9.17) is 5.11 Å². The van der Waals surface area contributed by atoms with Crippen LogP contribution in [0.2, 0.25) is 0 Å². The Labute approximate surface area is 79.7 Å². The number of carboxylic acid groups (broad SMARTS) is 1. The maximum atomic E-state index is 10.7. The van der Waals surface area contributed by atoms with Gasteiger partial charge in [0.15, 0.2) is 0 Å². The lowest BCUT2D eigenvalue weighted by molar-refractivity contribution is -0.139. The zero-order valence-corrected chi connectivity index (χ0v) is 8.82. The molecule has 0 aromatic heterocycles. The fraction of sp³-hybridized carbons (Fsp3) is 0.900. The van der Waals surface area contributed by atoms with Crippen molar-refractivity contribution in [1.29, 1.82) is 0 Å². The Morgan fingerprint density at radius 1 is 1.46 bits per heavy atom. The summed E-state index contributed by atoms with van der Waals surface area (Å²) < 4.78 is 0. The van der Waals surface area contributed by atoms with Gasteiger partial charge in [-0.05, 0) is 32.4 Å². The number of hydrogen-bond donors (Lipinski definition) is 1. The normalized spacial score (nSPS) is 29.4. The van der Waals surface area contributed by atoms with Crippen LogP contribution >= 0.6 is 0 Å². The van der Waals surface area contributed by atoms with E-state index in [-0.39, 0.29) is 5.92 Å². The van der Waals surface area contributed by atoms with Crippen LogP contribution in [0, 0.1) is 17.8 Å². The van der Waals surface area contributed by atoms with Crippen LogP contribution < -0.4 is 0 Å². The monoisotopic (exact) mass is 185 g/mol. The summed E-state index contributed by atoms with van der Waals surface area (Å²) in [6.07, 6.45) is 0.857. The van der Waals surface area contributed by atoms with Crippen LogP contribution in [-0.4, -0.2) is 36.1 Å². The smallest absolute Gasteiger partial charge is 0.306 e. The second kappa shape index (κ2) is 3.66. The molecule has 0 spiro atoms. The van der Waals surface area contributed by atoms with Gasteiger partial charge in [0, 0.05) is 6.04 Å². The first-order valence-electron chi connectivity index (χ1n) is 4.84. The molecule has 1 rings (SSSR count). The number of carbonyl (C=O) groups is 1. The molecule has 0 heterocycles. The molecule has 0 amide bonds. The van der Waals surface area contributed by atoms with Gasteiger partial charge in [-0.25, -0.2) is 0 Å². The average Bonchev–Trinajstić information content (AvgIpc) is 2.65. The summed E-state index contributed by atoms with van der Waals surface area (Å²) >= 11 is 0. The molecule has 3 atom stereocenters. The molecule has 1 aliphatic rings. The third-order valence-electron chi connectivity index (χ3n) is 2.87. The van der Waals surface area contributed by atoms with Crippen molar-refractivity contribution in [3.05, 3.63) is 0 Å². The third kappa shape index (κ3) is 2.21. The van der Waals surface area contributed by atoms with Crippen LogP contribution in [0.5, 0.6) is 0 Å². The van der Waals surface area contributed by atoms with Crippen molar-refractivity contribution in [2.75, 3.05) is 14.1 Å². The highest BCUT2D eigenvalue weighted by Crippen LogP contribution is 2.44. The molecule has 3 nitrogen and oxygen atoms in total. The van der Waals surface area contributed by atoms with Gasteiger partial charge in [-0.2, -0.15) is 0 Å². The van der Waals surface area contributed by atoms with Crippen molar-refractivity contribution in [3.8, 4) is 0 Å². The zero-order valence-electron chi connectivity index (χ0n) is 8.82. The molecule has 0 radical (unpaired) electrons. The van der Waals surface area contributed by atoms with Crippen molar-refractivity contribution >= 4 is 5.97 Å². The van der Waals surface area contributed by atoms with Crippen molar-refractivity contribution in [2.24, 2.45) is 17.8 Å². The number of carboxylic acids is 1. The second-order valence-corrected chi connectivity index (χ2v) is 4.54. The summed E-state index contributed by atoms with van der Waals surface area (Å²) in [5, 5.41) is 8.82. The van der Waals surface area contributed by atoms with Crippen molar-refractivity contribution in [3.63, 3.8) is 0 Å². The van der Waals surface area contributed by atoms with Crippen LogP contribution in [0.15, 0.2) is 0 Å². The highest BCUT2D eigenvalue weighted by atomic mass is 16.4. The van der Waals surface area contributed by atoms with Gasteiger partial charge in [-0.15, -0.1) is 0 Å². The fourth-order valence-electron chi connectivity index (χ4n) is 2.35. The molecule has 1 fully saturated rings. The molecule has 1 saturated carbocycles. The van der Waals surface area contributed by atoms with Gasteiger partial charge in [-0.1, -0.05) is 13.8 Å². The fourth-order valence-corrected chi connectivity index (χ4v) is 2.35. The quantitative estimate of drug-likeness (QED) is 0.717. The summed E-state index contributed by atoms with van der Waals surface area (Å²) in [5.41, 5.74) is 0. The number of nitrogens with zero attached hydrogens (tertiary/aromatic N) is 1. The number of aliphatic carboxylic acids is 1. The molecule has 1 aliphatic carbocycles. The molecule has 0 aromatic carbocycles. The van der Waals surface area contributed by atoms with E-state index in [1.807, 2.05) is 14.1 Å². The number of rotatable bonds is 4. The lowest BCUT2D eigenvalue weighted by Gasteiger charge is -2.28. The topological polar surface area (TPSA) is 40.5 Å². The predicted molar refractivity (Wildman–Crippen MR) is 51.5 cm³/mol. The van der Waals surface area contributed by atoms with Gasteiger partial charge in [-0.3, -0.25) is 4.79 Å². The van der Waals surface area contributed by atoms with E-state index in [1.54, 1.807) is 0 Å². The Morgan fingerprint density at radius 3 is 2.23 bits per heavy atom. The second-order valence-electron chi connectivity index (χ2n) is 4.54. The van der Waals surface area contributed by atoms with E-state index >= 15 is 0 Å². The summed E-state index contributed by atoms with van der Waals surface area (Å²) in [5.74, 6) is 0.184. The molecule has 0 bridgehead atoms. The summed E-state index contributed by atoms with van der Waals surface area (Å²) in [6, 6.07) is 0.418. The first kappa shape index (κ1) is 10.5. The Kier molecular flexibility index (Phi) is 2.96. The van der Waals surface area contributed by atoms with Crippen molar-refractivity contribution in [2.45, 2.75) is 26.3 Å². The van der Waals surface area contributed by atoms with Crippen LogP contribution in [0.4, 0.5) is 0 Å². The minimum absolute atomic E-state index is 0.0881. The van der Waals surface area contributed by atoms with Crippen LogP contribution in [-0.2, 0) is 4.79 Å². The molecule has 0 aliphatic heterocycles. The maximum absolute atomic E-state index is 10.7. The van der Waals surface area contributed by atoms with E-state index in [0.717, 1.165) is 6.42 Å². The number of hydrogen-bond acceptors (Lipinski definition) is 2. The first-order chi connectivity index (χ1) is 5.95. The minimum Gasteiger partial charge on any atom is -0.481 e. The molecule has 3 unspecified atom stereocenters. The summed E-state index contributed by atoms with van der Waals surface area (Å²) in [4.78, 5) is 12.9. The molecule has 1 N–H and O–H groups in total. The van der Waals surface area contributed by atoms with E-state index in [2.05, 4.69) is 18.7 Å². The van der Waals surface area contributed by atoms with Crippen molar-refractivity contribution < 1.29 is 9.90 Å².